The Morgan fingerprint density at radius 1 is 1.24 bits per heavy atom. The number of primary amides is 1. The molecule has 0 aromatic carbocycles. The van der Waals surface area contributed by atoms with Crippen molar-refractivity contribution >= 4 is 17.6 Å². The number of hydrogen-bond acceptors (Lipinski definition) is 3. The Kier molecular flexibility index (Phi) is 3.45. The van der Waals surface area contributed by atoms with Gasteiger partial charge in [0.2, 0.25) is 11.7 Å². The zero-order valence-corrected chi connectivity index (χ0v) is 9.85. The lowest BCUT2D eigenvalue weighted by molar-refractivity contribution is -0.141. The molecule has 2 amide bonds. The Hall–Kier alpha value is -1.39. The molecule has 1 saturated heterocycles. The number of nitrogens with zero attached hydrogens (tertiary/aromatic N) is 1. The van der Waals surface area contributed by atoms with E-state index in [2.05, 4.69) is 0 Å². The highest BCUT2D eigenvalue weighted by Crippen LogP contribution is 2.29. The molecule has 2 N–H and O–H groups in total. The van der Waals surface area contributed by atoms with Gasteiger partial charge in [-0.2, -0.15) is 0 Å². The number of Topliss-reactive ketones (excluding diaryl/α,β-unsaturated/α-hetero) is 1. The highest BCUT2D eigenvalue weighted by atomic mass is 16.2. The molecule has 5 heteroatoms. The molecular weight excluding hydrogens is 220 g/mol. The van der Waals surface area contributed by atoms with Crippen molar-refractivity contribution in [3.8, 4) is 0 Å². The molecule has 2 aliphatic rings. The third-order valence-corrected chi connectivity index (χ3v) is 3.80. The first-order valence-corrected chi connectivity index (χ1v) is 6.22. The molecule has 1 aliphatic heterocycles. The molecule has 0 bridgehead atoms. The van der Waals surface area contributed by atoms with Crippen LogP contribution in [0, 0.1) is 5.92 Å². The summed E-state index contributed by atoms with van der Waals surface area (Å²) in [7, 11) is 0. The van der Waals surface area contributed by atoms with E-state index < -0.39 is 17.7 Å². The zero-order chi connectivity index (χ0) is 12.4. The molecule has 0 spiro atoms. The molecule has 1 heterocycles. The fourth-order valence-corrected chi connectivity index (χ4v) is 2.87. The summed E-state index contributed by atoms with van der Waals surface area (Å²) in [6.45, 7) is 0.614. The molecule has 5 nitrogen and oxygen atoms in total. The topological polar surface area (TPSA) is 80.5 Å². The third-order valence-electron chi connectivity index (χ3n) is 3.80. The van der Waals surface area contributed by atoms with Crippen LogP contribution in [0.2, 0.25) is 0 Å². The van der Waals surface area contributed by atoms with E-state index in [-0.39, 0.29) is 5.91 Å². The fourth-order valence-electron chi connectivity index (χ4n) is 2.87. The van der Waals surface area contributed by atoms with Gasteiger partial charge in [0.25, 0.3) is 5.91 Å². The Bertz CT molecular complexity index is 348. The third kappa shape index (κ3) is 2.48. The molecule has 2 rings (SSSR count). The van der Waals surface area contributed by atoms with Gasteiger partial charge in [-0.15, -0.1) is 0 Å². The van der Waals surface area contributed by atoms with E-state index in [9.17, 15) is 14.4 Å². The summed E-state index contributed by atoms with van der Waals surface area (Å²) in [5, 5.41) is 0. The molecule has 0 aromatic heterocycles. The van der Waals surface area contributed by atoms with Crippen LogP contribution in [0.5, 0.6) is 0 Å². The maximum atomic E-state index is 11.7. The molecule has 1 saturated carbocycles. The molecule has 1 atom stereocenters. The van der Waals surface area contributed by atoms with Crippen molar-refractivity contribution in [3.63, 3.8) is 0 Å². The van der Waals surface area contributed by atoms with E-state index in [1.807, 2.05) is 0 Å². The number of nitrogens with two attached hydrogens (primary N) is 1. The van der Waals surface area contributed by atoms with Crippen molar-refractivity contribution < 1.29 is 14.4 Å². The number of amides is 2. The molecule has 94 valence electrons. The lowest BCUT2D eigenvalue weighted by Crippen LogP contribution is -2.45. The lowest BCUT2D eigenvalue weighted by atomic mass is 10.1. The van der Waals surface area contributed by atoms with Crippen LogP contribution in [0.15, 0.2) is 0 Å². The van der Waals surface area contributed by atoms with Crippen LogP contribution in [0.3, 0.4) is 0 Å². The Morgan fingerprint density at radius 2 is 1.88 bits per heavy atom. The van der Waals surface area contributed by atoms with Gasteiger partial charge in [0, 0.05) is 13.0 Å². The predicted octanol–water partition coefficient (Wildman–Crippen LogP) is 0.222. The highest BCUT2D eigenvalue weighted by molar-refractivity contribution is 6.38. The fraction of sp³-hybridized carbons (Fsp3) is 0.750. The second-order valence-electron chi connectivity index (χ2n) is 4.98. The Morgan fingerprint density at radius 3 is 2.47 bits per heavy atom. The van der Waals surface area contributed by atoms with E-state index in [4.69, 9.17) is 5.73 Å². The average molecular weight is 238 g/mol. The first-order valence-electron chi connectivity index (χ1n) is 6.22. The van der Waals surface area contributed by atoms with E-state index in [0.717, 1.165) is 12.8 Å². The summed E-state index contributed by atoms with van der Waals surface area (Å²) in [5.74, 6) is -1.08. The maximum absolute atomic E-state index is 11.7. The highest BCUT2D eigenvalue weighted by Gasteiger charge is 2.39. The van der Waals surface area contributed by atoms with Gasteiger partial charge in [-0.3, -0.25) is 14.4 Å². The number of rotatable bonds is 4. The van der Waals surface area contributed by atoms with Crippen LogP contribution in [-0.2, 0) is 14.4 Å². The number of likely N-dealkylation sites (tertiary alicyclic amines) is 1. The summed E-state index contributed by atoms with van der Waals surface area (Å²) in [6.07, 6.45) is 5.41. The van der Waals surface area contributed by atoms with E-state index >= 15 is 0 Å². The van der Waals surface area contributed by atoms with Crippen molar-refractivity contribution in [1.82, 2.24) is 4.90 Å². The van der Waals surface area contributed by atoms with Crippen LogP contribution in [0.4, 0.5) is 0 Å². The van der Waals surface area contributed by atoms with Gasteiger partial charge in [-0.25, -0.2) is 0 Å². The minimum Gasteiger partial charge on any atom is -0.363 e. The summed E-state index contributed by atoms with van der Waals surface area (Å²) in [5.41, 5.74) is 5.01. The molecule has 0 radical (unpaired) electrons. The minimum atomic E-state index is -0.930. The van der Waals surface area contributed by atoms with Crippen molar-refractivity contribution in [1.29, 1.82) is 0 Å². The number of hydrogen-bond donors (Lipinski definition) is 1. The van der Waals surface area contributed by atoms with Crippen LogP contribution in [0.1, 0.15) is 38.5 Å². The number of ketones is 1. The van der Waals surface area contributed by atoms with Crippen molar-refractivity contribution in [2.24, 2.45) is 11.7 Å². The standard InChI is InChI=1S/C12H18N2O3/c13-12(17)11(16)9-5-6-10(15)14(9)7-8-3-1-2-4-8/h8-9H,1-7H2,(H2,13,17). The predicted molar refractivity (Wildman–Crippen MR) is 60.9 cm³/mol. The van der Waals surface area contributed by atoms with Crippen molar-refractivity contribution in [3.05, 3.63) is 0 Å². The molecule has 1 aliphatic carbocycles. The van der Waals surface area contributed by atoms with Crippen molar-refractivity contribution in [2.45, 2.75) is 44.6 Å². The van der Waals surface area contributed by atoms with E-state index in [1.54, 1.807) is 4.90 Å². The van der Waals surface area contributed by atoms with Gasteiger partial charge in [-0.1, -0.05) is 12.8 Å². The number of carbonyl (C=O) groups is 3. The van der Waals surface area contributed by atoms with Gasteiger partial charge in [0.05, 0.1) is 0 Å². The van der Waals surface area contributed by atoms with Crippen LogP contribution >= 0.6 is 0 Å². The van der Waals surface area contributed by atoms with Crippen molar-refractivity contribution in [2.75, 3.05) is 6.54 Å². The summed E-state index contributed by atoms with van der Waals surface area (Å²) >= 11 is 0. The minimum absolute atomic E-state index is 0.0171. The quantitative estimate of drug-likeness (QED) is 0.711. The zero-order valence-electron chi connectivity index (χ0n) is 9.85. The molecule has 0 aromatic rings. The largest absolute Gasteiger partial charge is 0.363 e. The number of carbonyl (C=O) groups excluding carboxylic acids is 3. The Labute approximate surface area is 100 Å². The summed E-state index contributed by atoms with van der Waals surface area (Å²) in [6, 6.07) is -0.597. The summed E-state index contributed by atoms with van der Waals surface area (Å²) in [4.78, 5) is 35.8. The smallest absolute Gasteiger partial charge is 0.287 e. The van der Waals surface area contributed by atoms with Crippen LogP contribution < -0.4 is 5.73 Å². The molecule has 17 heavy (non-hydrogen) atoms. The van der Waals surface area contributed by atoms with Gasteiger partial charge >= 0.3 is 0 Å². The van der Waals surface area contributed by atoms with Crippen LogP contribution in [-0.4, -0.2) is 35.1 Å². The van der Waals surface area contributed by atoms with Gasteiger partial charge in [0.15, 0.2) is 0 Å². The monoisotopic (exact) mass is 238 g/mol. The SMILES string of the molecule is NC(=O)C(=O)C1CCC(=O)N1CC1CCCC1. The van der Waals surface area contributed by atoms with Crippen LogP contribution in [0.25, 0.3) is 0 Å². The molecular formula is C12H18N2O3. The maximum Gasteiger partial charge on any atom is 0.287 e. The van der Waals surface area contributed by atoms with Gasteiger partial charge in [0.1, 0.15) is 6.04 Å². The van der Waals surface area contributed by atoms with E-state index in [1.165, 1.54) is 12.8 Å². The lowest BCUT2D eigenvalue weighted by Gasteiger charge is -2.25. The summed E-state index contributed by atoms with van der Waals surface area (Å²) < 4.78 is 0. The first kappa shape index (κ1) is 12.1. The first-order chi connectivity index (χ1) is 8.09. The molecule has 2 fully saturated rings. The average Bonchev–Trinajstić information content (AvgIpc) is 2.90. The molecule has 1 unspecified atom stereocenters. The normalized spacial score (nSPS) is 25.5. The Balaban J connectivity index is 2.03. The second-order valence-corrected chi connectivity index (χ2v) is 4.98. The van der Waals surface area contributed by atoms with Gasteiger partial charge < -0.3 is 10.6 Å². The van der Waals surface area contributed by atoms with E-state index in [0.29, 0.717) is 25.3 Å². The van der Waals surface area contributed by atoms with Gasteiger partial charge in [-0.05, 0) is 25.2 Å². The second kappa shape index (κ2) is 4.85.